The van der Waals surface area contributed by atoms with Crippen LogP contribution in [0.3, 0.4) is 0 Å². The highest BCUT2D eigenvalue weighted by atomic mass is 32.2. The highest BCUT2D eigenvalue weighted by Gasteiger charge is 2.27. The number of aryl methyl sites for hydroxylation is 1. The minimum absolute atomic E-state index is 0.148. The van der Waals surface area contributed by atoms with Crippen molar-refractivity contribution >= 4 is 21.6 Å². The van der Waals surface area contributed by atoms with Gasteiger partial charge in [0, 0.05) is 32.7 Å². The Labute approximate surface area is 203 Å². The number of sulfonamides is 1. The van der Waals surface area contributed by atoms with Crippen molar-refractivity contribution in [3.8, 4) is 5.75 Å². The number of hydrogen-bond donors (Lipinski definition) is 1. The number of ether oxygens (including phenoxy) is 1. The number of piperazine rings is 1. The molecule has 0 aromatic heterocycles. The average molecular weight is 489 g/mol. The molecule has 0 radical (unpaired) electrons. The van der Waals surface area contributed by atoms with Crippen LogP contribution >= 0.6 is 0 Å². The fourth-order valence-corrected chi connectivity index (χ4v) is 5.24. The maximum Gasteiger partial charge on any atom is 0.264 e. The van der Waals surface area contributed by atoms with E-state index in [9.17, 15) is 13.2 Å². The van der Waals surface area contributed by atoms with Gasteiger partial charge in [-0.15, -0.1) is 0 Å². The molecule has 1 fully saturated rings. The predicted octanol–water partition coefficient (Wildman–Crippen LogP) is 2.34. The van der Waals surface area contributed by atoms with Crippen LogP contribution in [-0.2, 0) is 14.8 Å². The Morgan fingerprint density at radius 3 is 2.29 bits per heavy atom. The van der Waals surface area contributed by atoms with Gasteiger partial charge in [-0.2, -0.15) is 0 Å². The number of nitrogens with zero attached hydrogens (tertiary/aromatic N) is 3. The van der Waals surface area contributed by atoms with Gasteiger partial charge in [0.1, 0.15) is 12.3 Å². The van der Waals surface area contributed by atoms with Crippen LogP contribution in [0, 0.1) is 6.92 Å². The smallest absolute Gasteiger partial charge is 0.264 e. The van der Waals surface area contributed by atoms with Gasteiger partial charge in [0.15, 0.2) is 0 Å². The molecule has 2 aromatic rings. The molecular weight excluding hydrogens is 452 g/mol. The number of amides is 1. The lowest BCUT2D eigenvalue weighted by Crippen LogP contribution is -2.45. The largest absolute Gasteiger partial charge is 0.494 e. The molecule has 8 nitrogen and oxygen atoms in total. The van der Waals surface area contributed by atoms with E-state index < -0.39 is 10.0 Å². The van der Waals surface area contributed by atoms with Gasteiger partial charge in [0.05, 0.1) is 17.2 Å². The summed E-state index contributed by atoms with van der Waals surface area (Å²) >= 11 is 0. The van der Waals surface area contributed by atoms with Crippen molar-refractivity contribution in [1.82, 2.24) is 15.1 Å². The number of benzene rings is 2. The number of hydrogen-bond acceptors (Lipinski definition) is 6. The predicted molar refractivity (Wildman–Crippen MR) is 135 cm³/mol. The van der Waals surface area contributed by atoms with Crippen LogP contribution in [0.5, 0.6) is 5.75 Å². The Bertz CT molecular complexity index is 1020. The molecule has 0 bridgehead atoms. The zero-order valence-electron chi connectivity index (χ0n) is 20.4. The van der Waals surface area contributed by atoms with E-state index in [0.29, 0.717) is 24.6 Å². The summed E-state index contributed by atoms with van der Waals surface area (Å²) in [4.78, 5) is 17.6. The van der Waals surface area contributed by atoms with Crippen LogP contribution in [0.1, 0.15) is 18.9 Å². The minimum Gasteiger partial charge on any atom is -0.494 e. The van der Waals surface area contributed by atoms with Crippen molar-refractivity contribution in [2.45, 2.75) is 25.2 Å². The molecule has 0 atom stereocenters. The minimum atomic E-state index is -3.93. The Kier molecular flexibility index (Phi) is 9.32. The lowest BCUT2D eigenvalue weighted by atomic mass is 10.2. The molecule has 2 aromatic carbocycles. The number of rotatable bonds is 11. The first kappa shape index (κ1) is 26.0. The standard InChI is InChI=1S/C25H36N4O4S/c1-4-33-23-10-8-22(9-11-23)29(34(31,32)24-12-6-21(2)7-13-24)20-25(30)26-14-5-15-28-18-16-27(3)17-19-28/h6-13H,4-5,14-20H2,1-3H3,(H,26,30). The van der Waals surface area contributed by atoms with E-state index in [4.69, 9.17) is 4.74 Å². The van der Waals surface area contributed by atoms with Crippen LogP contribution < -0.4 is 14.4 Å². The normalized spacial score (nSPS) is 15.1. The Hall–Kier alpha value is -2.62. The van der Waals surface area contributed by atoms with Gasteiger partial charge in [0.25, 0.3) is 10.0 Å². The average Bonchev–Trinajstić information content (AvgIpc) is 2.82. The zero-order chi connectivity index (χ0) is 24.6. The van der Waals surface area contributed by atoms with Crippen molar-refractivity contribution < 1.29 is 17.9 Å². The highest BCUT2D eigenvalue weighted by molar-refractivity contribution is 7.92. The van der Waals surface area contributed by atoms with E-state index in [-0.39, 0.29) is 17.3 Å². The third-order valence-electron chi connectivity index (χ3n) is 5.90. The molecule has 0 spiro atoms. The summed E-state index contributed by atoms with van der Waals surface area (Å²) in [6.07, 6.45) is 0.823. The molecule has 3 rings (SSSR count). The van der Waals surface area contributed by atoms with E-state index in [1.54, 1.807) is 48.5 Å². The van der Waals surface area contributed by atoms with Crippen LogP contribution in [0.2, 0.25) is 0 Å². The number of anilines is 1. The van der Waals surface area contributed by atoms with Crippen LogP contribution in [0.15, 0.2) is 53.4 Å². The summed E-state index contributed by atoms with van der Waals surface area (Å²) < 4.78 is 33.5. The molecule has 9 heteroatoms. The Morgan fingerprint density at radius 1 is 1.03 bits per heavy atom. The quantitative estimate of drug-likeness (QED) is 0.489. The van der Waals surface area contributed by atoms with Crippen molar-refractivity contribution in [3.05, 3.63) is 54.1 Å². The third-order valence-corrected chi connectivity index (χ3v) is 7.69. The molecule has 1 saturated heterocycles. The van der Waals surface area contributed by atoms with Crippen molar-refractivity contribution in [2.75, 3.05) is 63.8 Å². The van der Waals surface area contributed by atoms with Gasteiger partial charge in [0.2, 0.25) is 5.91 Å². The monoisotopic (exact) mass is 488 g/mol. The first-order chi connectivity index (χ1) is 16.3. The van der Waals surface area contributed by atoms with Crippen LogP contribution in [0.4, 0.5) is 5.69 Å². The molecule has 0 aliphatic carbocycles. The first-order valence-corrected chi connectivity index (χ1v) is 13.2. The maximum absolute atomic E-state index is 13.5. The zero-order valence-corrected chi connectivity index (χ0v) is 21.2. The van der Waals surface area contributed by atoms with E-state index >= 15 is 0 Å². The second kappa shape index (κ2) is 12.2. The fourth-order valence-electron chi connectivity index (χ4n) is 3.82. The number of likely N-dealkylation sites (N-methyl/N-ethyl adjacent to an activating group) is 1. The highest BCUT2D eigenvalue weighted by Crippen LogP contribution is 2.26. The molecule has 186 valence electrons. The molecule has 1 heterocycles. The van der Waals surface area contributed by atoms with Crippen LogP contribution in [0.25, 0.3) is 0 Å². The lowest BCUT2D eigenvalue weighted by molar-refractivity contribution is -0.119. The summed E-state index contributed by atoms with van der Waals surface area (Å²) in [6, 6.07) is 13.4. The van der Waals surface area contributed by atoms with Crippen molar-refractivity contribution in [2.24, 2.45) is 0 Å². The van der Waals surface area contributed by atoms with E-state index in [1.807, 2.05) is 13.8 Å². The fraction of sp³-hybridized carbons (Fsp3) is 0.480. The third kappa shape index (κ3) is 7.19. The maximum atomic E-state index is 13.5. The molecule has 1 aliphatic rings. The summed E-state index contributed by atoms with van der Waals surface area (Å²) in [7, 11) is -1.80. The summed E-state index contributed by atoms with van der Waals surface area (Å²) in [5, 5.41) is 2.89. The van der Waals surface area contributed by atoms with Gasteiger partial charge >= 0.3 is 0 Å². The molecule has 1 aliphatic heterocycles. The van der Waals surface area contributed by atoms with Crippen molar-refractivity contribution in [1.29, 1.82) is 0 Å². The summed E-state index contributed by atoms with van der Waals surface area (Å²) in [5.74, 6) is 0.315. The molecule has 1 amide bonds. The van der Waals surface area contributed by atoms with Gasteiger partial charge in [-0.1, -0.05) is 17.7 Å². The molecular formula is C25H36N4O4S. The van der Waals surface area contributed by atoms with E-state index in [1.165, 1.54) is 0 Å². The van der Waals surface area contributed by atoms with Gasteiger partial charge in [-0.25, -0.2) is 8.42 Å². The first-order valence-electron chi connectivity index (χ1n) is 11.8. The van der Waals surface area contributed by atoms with E-state index in [2.05, 4.69) is 22.2 Å². The summed E-state index contributed by atoms with van der Waals surface area (Å²) in [5.41, 5.74) is 1.38. The van der Waals surface area contributed by atoms with Gasteiger partial charge < -0.3 is 19.9 Å². The number of nitrogens with one attached hydrogen (secondary N) is 1. The molecule has 0 unspecified atom stereocenters. The number of carbonyl (C=O) groups is 1. The number of carbonyl (C=O) groups excluding carboxylic acids is 1. The molecule has 0 saturated carbocycles. The molecule has 1 N–H and O–H groups in total. The Morgan fingerprint density at radius 2 is 1.68 bits per heavy atom. The second-order valence-electron chi connectivity index (χ2n) is 8.60. The van der Waals surface area contributed by atoms with Crippen LogP contribution in [-0.4, -0.2) is 83.6 Å². The second-order valence-corrected chi connectivity index (χ2v) is 10.5. The molecule has 34 heavy (non-hydrogen) atoms. The van der Waals surface area contributed by atoms with E-state index in [0.717, 1.165) is 49.0 Å². The summed E-state index contributed by atoms with van der Waals surface area (Å²) in [6.45, 7) is 9.60. The SMILES string of the molecule is CCOc1ccc(N(CC(=O)NCCCN2CCN(C)CC2)S(=O)(=O)c2ccc(C)cc2)cc1. The van der Waals surface area contributed by atoms with Gasteiger partial charge in [-0.3, -0.25) is 9.10 Å². The topological polar surface area (TPSA) is 82.2 Å². The van der Waals surface area contributed by atoms with Crippen molar-refractivity contribution in [3.63, 3.8) is 0 Å². The van der Waals surface area contributed by atoms with Gasteiger partial charge in [-0.05, 0) is 70.3 Å². The Balaban J connectivity index is 1.66. The lowest BCUT2D eigenvalue weighted by Gasteiger charge is -2.32.